The molecule has 0 aliphatic heterocycles. The standard InChI is InChI=1S/C24H25N5O5/c1-14-8-6-7-9-21(14)24(31)34-20-12-10-19(11-13-20)15(2)25-26-23(30)18(5)28-17(4)22(29(32)33)16(3)27-28/h6-13,18H,1-5H3,(H,26,30)/b25-15+. The van der Waals surface area contributed by atoms with Gasteiger partial charge in [-0.15, -0.1) is 0 Å². The van der Waals surface area contributed by atoms with Crippen molar-refractivity contribution in [2.45, 2.75) is 40.7 Å². The molecule has 1 atom stereocenters. The molecule has 176 valence electrons. The molecular formula is C24H25N5O5. The Balaban J connectivity index is 1.66. The first-order chi connectivity index (χ1) is 16.1. The van der Waals surface area contributed by atoms with Gasteiger partial charge in [0.1, 0.15) is 23.2 Å². The maximum absolute atomic E-state index is 12.6. The lowest BCUT2D eigenvalue weighted by molar-refractivity contribution is -0.386. The number of rotatable bonds is 7. The average Bonchev–Trinajstić information content (AvgIpc) is 3.11. The summed E-state index contributed by atoms with van der Waals surface area (Å²) in [7, 11) is 0. The van der Waals surface area contributed by atoms with Gasteiger partial charge in [-0.05, 0) is 76.1 Å². The van der Waals surface area contributed by atoms with Crippen LogP contribution in [0.25, 0.3) is 0 Å². The minimum atomic E-state index is -0.799. The summed E-state index contributed by atoms with van der Waals surface area (Å²) in [4.78, 5) is 35.6. The Kier molecular flexibility index (Phi) is 7.20. The lowest BCUT2D eigenvalue weighted by Crippen LogP contribution is -2.29. The van der Waals surface area contributed by atoms with E-state index < -0.39 is 22.8 Å². The monoisotopic (exact) mass is 463 g/mol. The Labute approximate surface area is 196 Å². The van der Waals surface area contributed by atoms with Crippen molar-refractivity contribution in [1.82, 2.24) is 15.2 Å². The molecule has 1 heterocycles. The summed E-state index contributed by atoms with van der Waals surface area (Å²) in [6, 6.07) is 13.1. The van der Waals surface area contributed by atoms with Gasteiger partial charge >= 0.3 is 11.7 Å². The number of nitro groups is 1. The van der Waals surface area contributed by atoms with Crippen molar-refractivity contribution in [3.8, 4) is 5.75 Å². The molecule has 3 rings (SSSR count). The molecule has 1 N–H and O–H groups in total. The predicted octanol–water partition coefficient (Wildman–Crippen LogP) is 4.04. The molecule has 0 bridgehead atoms. The number of ether oxygens (including phenoxy) is 1. The van der Waals surface area contributed by atoms with E-state index in [4.69, 9.17) is 4.74 Å². The molecule has 0 aliphatic rings. The van der Waals surface area contributed by atoms with Crippen LogP contribution >= 0.6 is 0 Å². The molecule has 2 aromatic carbocycles. The van der Waals surface area contributed by atoms with Gasteiger partial charge in [-0.1, -0.05) is 18.2 Å². The molecule has 3 aromatic rings. The Morgan fingerprint density at radius 2 is 1.76 bits per heavy atom. The number of hydrogen-bond donors (Lipinski definition) is 1. The number of esters is 1. The van der Waals surface area contributed by atoms with Crippen LogP contribution < -0.4 is 10.2 Å². The van der Waals surface area contributed by atoms with Crippen LogP contribution in [0.4, 0.5) is 5.69 Å². The summed E-state index contributed by atoms with van der Waals surface area (Å²) >= 11 is 0. The second kappa shape index (κ2) is 10.1. The highest BCUT2D eigenvalue weighted by atomic mass is 16.6. The highest BCUT2D eigenvalue weighted by molar-refractivity contribution is 5.99. The van der Waals surface area contributed by atoms with Crippen molar-refractivity contribution in [3.05, 3.63) is 86.7 Å². The lowest BCUT2D eigenvalue weighted by atomic mass is 10.1. The molecule has 10 heteroatoms. The van der Waals surface area contributed by atoms with Crippen molar-refractivity contribution in [2.24, 2.45) is 5.10 Å². The number of nitrogens with one attached hydrogen (secondary N) is 1. The first kappa shape index (κ1) is 24.3. The maximum Gasteiger partial charge on any atom is 0.343 e. The fourth-order valence-corrected chi connectivity index (χ4v) is 3.43. The highest BCUT2D eigenvalue weighted by Crippen LogP contribution is 2.24. The third kappa shape index (κ3) is 5.17. The van der Waals surface area contributed by atoms with Crippen molar-refractivity contribution in [1.29, 1.82) is 0 Å². The number of hydrogen-bond acceptors (Lipinski definition) is 7. The van der Waals surface area contributed by atoms with Gasteiger partial charge in [0.05, 0.1) is 16.2 Å². The van der Waals surface area contributed by atoms with E-state index in [1.807, 2.05) is 19.1 Å². The zero-order valence-corrected chi connectivity index (χ0v) is 19.5. The molecule has 34 heavy (non-hydrogen) atoms. The van der Waals surface area contributed by atoms with Crippen molar-refractivity contribution < 1.29 is 19.2 Å². The second-order valence-electron chi connectivity index (χ2n) is 7.80. The van der Waals surface area contributed by atoms with E-state index >= 15 is 0 Å². The van der Waals surface area contributed by atoms with E-state index in [0.29, 0.717) is 28.3 Å². The van der Waals surface area contributed by atoms with Crippen LogP contribution in [-0.2, 0) is 4.79 Å². The summed E-state index contributed by atoms with van der Waals surface area (Å²) in [6.07, 6.45) is 0. The van der Waals surface area contributed by atoms with E-state index in [2.05, 4.69) is 15.6 Å². The molecule has 0 saturated carbocycles. The molecule has 1 unspecified atom stereocenters. The molecule has 0 fully saturated rings. The van der Waals surface area contributed by atoms with Crippen molar-refractivity contribution in [2.75, 3.05) is 0 Å². The molecule has 1 aromatic heterocycles. The zero-order valence-electron chi connectivity index (χ0n) is 19.5. The molecule has 0 spiro atoms. The van der Waals surface area contributed by atoms with Crippen LogP contribution in [0.5, 0.6) is 5.75 Å². The largest absolute Gasteiger partial charge is 0.423 e. The fraction of sp³-hybridized carbons (Fsp3) is 0.250. The summed E-state index contributed by atoms with van der Waals surface area (Å²) in [6.45, 7) is 8.21. The van der Waals surface area contributed by atoms with Gasteiger partial charge in [0.2, 0.25) is 0 Å². The normalized spacial score (nSPS) is 12.2. The maximum atomic E-state index is 12.6. The van der Waals surface area contributed by atoms with E-state index in [1.165, 1.54) is 11.6 Å². The van der Waals surface area contributed by atoms with Gasteiger partial charge in [0.15, 0.2) is 0 Å². The average molecular weight is 463 g/mol. The van der Waals surface area contributed by atoms with Crippen LogP contribution in [-0.4, -0.2) is 32.3 Å². The SMILES string of the molecule is C/C(=N\NC(=O)C(C)n1nc(C)c([N+](=O)[O-])c1C)c1ccc(OC(=O)c2ccccc2C)cc1. The van der Waals surface area contributed by atoms with Gasteiger partial charge in [0, 0.05) is 0 Å². The number of nitrogens with zero attached hydrogens (tertiary/aromatic N) is 4. The van der Waals surface area contributed by atoms with E-state index in [-0.39, 0.29) is 11.4 Å². The fourth-order valence-electron chi connectivity index (χ4n) is 3.43. The Hall–Kier alpha value is -4.34. The van der Waals surface area contributed by atoms with Gasteiger partial charge in [0.25, 0.3) is 5.91 Å². The smallest absolute Gasteiger partial charge is 0.343 e. The Morgan fingerprint density at radius 1 is 1.12 bits per heavy atom. The first-order valence-corrected chi connectivity index (χ1v) is 10.5. The topological polar surface area (TPSA) is 129 Å². The van der Waals surface area contributed by atoms with Gasteiger partial charge in [-0.25, -0.2) is 10.2 Å². The molecule has 1 amide bonds. The third-order valence-electron chi connectivity index (χ3n) is 5.40. The van der Waals surface area contributed by atoms with Crippen LogP contribution in [0, 0.1) is 30.9 Å². The van der Waals surface area contributed by atoms with E-state index in [1.54, 1.807) is 57.2 Å². The van der Waals surface area contributed by atoms with Crippen LogP contribution in [0.15, 0.2) is 53.6 Å². The summed E-state index contributed by atoms with van der Waals surface area (Å²) < 4.78 is 6.74. The minimum absolute atomic E-state index is 0.109. The Bertz CT molecular complexity index is 1280. The lowest BCUT2D eigenvalue weighted by Gasteiger charge is -2.12. The number of hydrazone groups is 1. The third-order valence-corrected chi connectivity index (χ3v) is 5.40. The van der Waals surface area contributed by atoms with Gasteiger partial charge in [-0.2, -0.15) is 10.2 Å². The number of carbonyl (C=O) groups is 2. The van der Waals surface area contributed by atoms with Crippen molar-refractivity contribution in [3.63, 3.8) is 0 Å². The van der Waals surface area contributed by atoms with E-state index in [0.717, 1.165) is 5.56 Å². The number of aromatic nitrogens is 2. The molecule has 0 radical (unpaired) electrons. The molecule has 0 saturated heterocycles. The molecule has 0 aliphatic carbocycles. The number of carbonyl (C=O) groups excluding carboxylic acids is 2. The quantitative estimate of drug-likeness (QED) is 0.185. The first-order valence-electron chi connectivity index (χ1n) is 10.5. The Morgan fingerprint density at radius 3 is 2.35 bits per heavy atom. The zero-order chi connectivity index (χ0) is 25.0. The van der Waals surface area contributed by atoms with Gasteiger partial charge < -0.3 is 4.74 Å². The number of amides is 1. The molecular weight excluding hydrogens is 438 g/mol. The second-order valence-corrected chi connectivity index (χ2v) is 7.80. The number of benzene rings is 2. The van der Waals surface area contributed by atoms with Crippen LogP contribution in [0.1, 0.15) is 52.8 Å². The van der Waals surface area contributed by atoms with E-state index in [9.17, 15) is 19.7 Å². The predicted molar refractivity (Wildman–Crippen MR) is 126 cm³/mol. The van der Waals surface area contributed by atoms with Crippen LogP contribution in [0.3, 0.4) is 0 Å². The van der Waals surface area contributed by atoms with Crippen molar-refractivity contribution >= 4 is 23.3 Å². The number of aryl methyl sites for hydroxylation is 2. The van der Waals surface area contributed by atoms with Gasteiger partial charge in [-0.3, -0.25) is 19.6 Å². The summed E-state index contributed by atoms with van der Waals surface area (Å²) in [5.74, 6) is -0.529. The summed E-state index contributed by atoms with van der Waals surface area (Å²) in [5, 5.41) is 19.4. The highest BCUT2D eigenvalue weighted by Gasteiger charge is 2.27. The van der Waals surface area contributed by atoms with Crippen LogP contribution in [0.2, 0.25) is 0 Å². The summed E-state index contributed by atoms with van der Waals surface area (Å²) in [5.41, 5.74) is 5.46. The minimum Gasteiger partial charge on any atom is -0.423 e. The molecule has 10 nitrogen and oxygen atoms in total.